The first-order chi connectivity index (χ1) is 7.22. The van der Waals surface area contributed by atoms with E-state index in [2.05, 4.69) is 33.0 Å². The Bertz CT molecular complexity index is 555. The van der Waals surface area contributed by atoms with Gasteiger partial charge < -0.3 is 0 Å². The van der Waals surface area contributed by atoms with Crippen molar-refractivity contribution in [1.82, 2.24) is 4.98 Å². The minimum Gasteiger partial charge on any atom is -0.250 e. The van der Waals surface area contributed by atoms with Crippen molar-refractivity contribution in [2.75, 3.05) is 0 Å². The van der Waals surface area contributed by atoms with Crippen molar-refractivity contribution in [3.05, 3.63) is 40.0 Å². The van der Waals surface area contributed by atoms with Crippen LogP contribution in [-0.4, -0.2) is 4.98 Å². The molecular formula is C12H9BrN2. The second-order valence-electron chi connectivity index (χ2n) is 3.40. The fourth-order valence-corrected chi connectivity index (χ4v) is 2.03. The number of aryl methyl sites for hydroxylation is 1. The summed E-state index contributed by atoms with van der Waals surface area (Å²) in [6.45, 7) is 1.99. The molecule has 74 valence electrons. The molecule has 1 aromatic heterocycles. The summed E-state index contributed by atoms with van der Waals surface area (Å²) in [4.78, 5) is 4.49. The van der Waals surface area contributed by atoms with Gasteiger partial charge in [0.05, 0.1) is 23.7 Å². The summed E-state index contributed by atoms with van der Waals surface area (Å²) in [7, 11) is 0. The minimum atomic E-state index is 0.364. The number of nitriles is 1. The number of halogens is 1. The second kappa shape index (κ2) is 4.00. The molecule has 0 unspecified atom stereocenters. The SMILES string of the molecule is Cc1cc2cccc(Br)c2nc1CC#N. The Kier molecular flexibility index (Phi) is 2.70. The first kappa shape index (κ1) is 10.1. The number of hydrogen-bond donors (Lipinski definition) is 0. The molecule has 15 heavy (non-hydrogen) atoms. The molecule has 3 heteroatoms. The number of nitrogens with zero attached hydrogens (tertiary/aromatic N) is 2. The van der Waals surface area contributed by atoms with Crippen LogP contribution in [0.25, 0.3) is 10.9 Å². The molecule has 0 amide bonds. The molecule has 2 nitrogen and oxygen atoms in total. The van der Waals surface area contributed by atoms with Gasteiger partial charge in [0.1, 0.15) is 0 Å². The molecule has 0 aliphatic heterocycles. The van der Waals surface area contributed by atoms with E-state index in [-0.39, 0.29) is 0 Å². The number of fused-ring (bicyclic) bond motifs is 1. The molecule has 0 N–H and O–H groups in total. The Morgan fingerprint density at radius 1 is 1.47 bits per heavy atom. The number of aromatic nitrogens is 1. The molecule has 0 fully saturated rings. The molecule has 2 rings (SSSR count). The number of benzene rings is 1. The molecule has 0 aliphatic carbocycles. The molecule has 0 aliphatic rings. The summed E-state index contributed by atoms with van der Waals surface area (Å²) in [6.07, 6.45) is 0.364. The average molecular weight is 261 g/mol. The number of hydrogen-bond acceptors (Lipinski definition) is 2. The predicted molar refractivity (Wildman–Crippen MR) is 63.5 cm³/mol. The van der Waals surface area contributed by atoms with Gasteiger partial charge in [-0.2, -0.15) is 5.26 Å². The van der Waals surface area contributed by atoms with Crippen molar-refractivity contribution in [2.24, 2.45) is 0 Å². The standard InChI is InChI=1S/C12H9BrN2/c1-8-7-9-3-2-4-10(13)12(9)15-11(8)5-6-14/h2-4,7H,5H2,1H3. The van der Waals surface area contributed by atoms with Crippen LogP contribution in [0.15, 0.2) is 28.7 Å². The van der Waals surface area contributed by atoms with Gasteiger partial charge in [-0.15, -0.1) is 0 Å². The summed E-state index contributed by atoms with van der Waals surface area (Å²) in [5.74, 6) is 0. The van der Waals surface area contributed by atoms with E-state index in [1.807, 2.05) is 25.1 Å². The fraction of sp³-hybridized carbons (Fsp3) is 0.167. The highest BCUT2D eigenvalue weighted by Gasteiger charge is 2.05. The van der Waals surface area contributed by atoms with E-state index >= 15 is 0 Å². The van der Waals surface area contributed by atoms with Crippen LogP contribution in [-0.2, 0) is 6.42 Å². The third-order valence-corrected chi connectivity index (χ3v) is 2.98. The van der Waals surface area contributed by atoms with Crippen molar-refractivity contribution in [2.45, 2.75) is 13.3 Å². The van der Waals surface area contributed by atoms with Crippen LogP contribution in [0.5, 0.6) is 0 Å². The van der Waals surface area contributed by atoms with E-state index in [1.54, 1.807) is 0 Å². The van der Waals surface area contributed by atoms with Gasteiger partial charge >= 0.3 is 0 Å². The van der Waals surface area contributed by atoms with Gasteiger partial charge in [0.25, 0.3) is 0 Å². The molecule has 0 radical (unpaired) electrons. The first-order valence-electron chi connectivity index (χ1n) is 4.64. The largest absolute Gasteiger partial charge is 0.250 e. The lowest BCUT2D eigenvalue weighted by Crippen LogP contribution is -1.94. The van der Waals surface area contributed by atoms with Crippen LogP contribution in [0.2, 0.25) is 0 Å². The van der Waals surface area contributed by atoms with Crippen molar-refractivity contribution in [1.29, 1.82) is 5.26 Å². The normalized spacial score (nSPS) is 10.2. The zero-order chi connectivity index (χ0) is 10.8. The summed E-state index contributed by atoms with van der Waals surface area (Å²) in [5.41, 5.74) is 2.85. The van der Waals surface area contributed by atoms with Crippen molar-refractivity contribution < 1.29 is 0 Å². The van der Waals surface area contributed by atoms with Crippen molar-refractivity contribution in [3.63, 3.8) is 0 Å². The van der Waals surface area contributed by atoms with Gasteiger partial charge in [-0.1, -0.05) is 12.1 Å². The average Bonchev–Trinajstić information content (AvgIpc) is 2.21. The maximum absolute atomic E-state index is 8.68. The summed E-state index contributed by atoms with van der Waals surface area (Å²) >= 11 is 3.46. The van der Waals surface area contributed by atoms with Gasteiger partial charge in [0.15, 0.2) is 0 Å². The third-order valence-electron chi connectivity index (χ3n) is 2.34. The van der Waals surface area contributed by atoms with Gasteiger partial charge in [0, 0.05) is 9.86 Å². The van der Waals surface area contributed by atoms with E-state index < -0.39 is 0 Å². The molecule has 1 heterocycles. The smallest absolute Gasteiger partial charge is 0.0847 e. The van der Waals surface area contributed by atoms with Crippen molar-refractivity contribution in [3.8, 4) is 6.07 Å². The Labute approximate surface area is 96.7 Å². The topological polar surface area (TPSA) is 36.7 Å². The van der Waals surface area contributed by atoms with Gasteiger partial charge in [-0.3, -0.25) is 4.98 Å². The van der Waals surface area contributed by atoms with E-state index in [0.29, 0.717) is 6.42 Å². The van der Waals surface area contributed by atoms with Crippen LogP contribution >= 0.6 is 15.9 Å². The minimum absolute atomic E-state index is 0.364. The molecular weight excluding hydrogens is 252 g/mol. The molecule has 0 atom stereocenters. The highest BCUT2D eigenvalue weighted by Crippen LogP contribution is 2.23. The molecule has 2 aromatic rings. The van der Waals surface area contributed by atoms with Crippen LogP contribution in [0.1, 0.15) is 11.3 Å². The molecule has 0 saturated carbocycles. The third kappa shape index (κ3) is 1.86. The van der Waals surface area contributed by atoms with Crippen LogP contribution < -0.4 is 0 Å². The van der Waals surface area contributed by atoms with Crippen LogP contribution in [0.4, 0.5) is 0 Å². The summed E-state index contributed by atoms with van der Waals surface area (Å²) in [6, 6.07) is 10.2. The predicted octanol–water partition coefficient (Wildman–Crippen LogP) is 3.37. The lowest BCUT2D eigenvalue weighted by atomic mass is 10.1. The van der Waals surface area contributed by atoms with E-state index in [0.717, 1.165) is 26.6 Å². The van der Waals surface area contributed by atoms with Gasteiger partial charge in [0.2, 0.25) is 0 Å². The molecule has 0 spiro atoms. The van der Waals surface area contributed by atoms with E-state index in [1.165, 1.54) is 0 Å². The molecule has 0 saturated heterocycles. The van der Waals surface area contributed by atoms with Crippen molar-refractivity contribution >= 4 is 26.8 Å². The monoisotopic (exact) mass is 260 g/mol. The number of rotatable bonds is 1. The van der Waals surface area contributed by atoms with Crippen LogP contribution in [0, 0.1) is 18.3 Å². The lowest BCUT2D eigenvalue weighted by Gasteiger charge is -2.05. The fourth-order valence-electron chi connectivity index (χ4n) is 1.56. The number of para-hydroxylation sites is 1. The van der Waals surface area contributed by atoms with E-state index in [4.69, 9.17) is 5.26 Å². The van der Waals surface area contributed by atoms with Gasteiger partial charge in [-0.25, -0.2) is 0 Å². The Hall–Kier alpha value is -1.40. The molecule has 0 bridgehead atoms. The number of pyridine rings is 1. The van der Waals surface area contributed by atoms with E-state index in [9.17, 15) is 0 Å². The highest BCUT2D eigenvalue weighted by atomic mass is 79.9. The summed E-state index contributed by atoms with van der Waals surface area (Å²) < 4.78 is 0.971. The molecule has 1 aromatic carbocycles. The van der Waals surface area contributed by atoms with Crippen LogP contribution in [0.3, 0.4) is 0 Å². The first-order valence-corrected chi connectivity index (χ1v) is 5.43. The Balaban J connectivity index is 2.73. The zero-order valence-corrected chi connectivity index (χ0v) is 9.87. The maximum Gasteiger partial charge on any atom is 0.0847 e. The summed E-state index contributed by atoms with van der Waals surface area (Å²) in [5, 5.41) is 9.78. The lowest BCUT2D eigenvalue weighted by molar-refractivity contribution is 1.11. The van der Waals surface area contributed by atoms with Gasteiger partial charge in [-0.05, 0) is 40.5 Å². The maximum atomic E-state index is 8.68. The Morgan fingerprint density at radius 2 is 2.27 bits per heavy atom. The second-order valence-corrected chi connectivity index (χ2v) is 4.25. The highest BCUT2D eigenvalue weighted by molar-refractivity contribution is 9.10. The Morgan fingerprint density at radius 3 is 3.00 bits per heavy atom. The zero-order valence-electron chi connectivity index (χ0n) is 8.29. The quantitative estimate of drug-likeness (QED) is 0.789.